The molecule has 0 aliphatic rings. The Labute approximate surface area is 123 Å². The molecule has 2 aromatic rings. The van der Waals surface area contributed by atoms with Crippen molar-refractivity contribution in [3.05, 3.63) is 66.0 Å². The van der Waals surface area contributed by atoms with Crippen molar-refractivity contribution < 1.29 is 17.9 Å². The second-order valence-electron chi connectivity index (χ2n) is 4.57. The minimum atomic E-state index is -3.76. The second kappa shape index (κ2) is 6.80. The molecular formula is C15H16FNO3S. The molecule has 112 valence electrons. The maximum atomic E-state index is 13.0. The lowest BCUT2D eigenvalue weighted by Gasteiger charge is -2.12. The maximum Gasteiger partial charge on any atom is 0.240 e. The number of aliphatic hydroxyl groups excluding tert-OH is 1. The minimum absolute atomic E-state index is 0.0644. The Hall–Kier alpha value is -1.76. The lowest BCUT2D eigenvalue weighted by Crippen LogP contribution is -2.26. The van der Waals surface area contributed by atoms with E-state index in [9.17, 15) is 17.9 Å². The molecule has 1 atom stereocenters. The molecule has 0 saturated heterocycles. The van der Waals surface area contributed by atoms with Crippen LogP contribution < -0.4 is 4.72 Å². The highest BCUT2D eigenvalue weighted by atomic mass is 32.2. The van der Waals surface area contributed by atoms with E-state index in [1.807, 2.05) is 6.07 Å². The molecule has 0 amide bonds. The predicted molar refractivity (Wildman–Crippen MR) is 77.6 cm³/mol. The van der Waals surface area contributed by atoms with Gasteiger partial charge in [-0.05, 0) is 30.2 Å². The van der Waals surface area contributed by atoms with Crippen LogP contribution in [0.15, 0.2) is 59.5 Å². The summed E-state index contributed by atoms with van der Waals surface area (Å²) in [5.41, 5.74) is 0.724. The summed E-state index contributed by atoms with van der Waals surface area (Å²) in [7, 11) is -3.76. The molecule has 2 rings (SSSR count). The lowest BCUT2D eigenvalue weighted by atomic mass is 10.1. The van der Waals surface area contributed by atoms with Gasteiger partial charge in [0.15, 0.2) is 0 Å². The fourth-order valence-electron chi connectivity index (χ4n) is 1.89. The Morgan fingerprint density at radius 1 is 1.10 bits per heavy atom. The van der Waals surface area contributed by atoms with E-state index in [0.717, 1.165) is 11.6 Å². The third-order valence-electron chi connectivity index (χ3n) is 3.00. The van der Waals surface area contributed by atoms with Gasteiger partial charge in [-0.15, -0.1) is 0 Å². The summed E-state index contributed by atoms with van der Waals surface area (Å²) >= 11 is 0. The van der Waals surface area contributed by atoms with Crippen LogP contribution >= 0.6 is 0 Å². The lowest BCUT2D eigenvalue weighted by molar-refractivity contribution is 0.169. The largest absolute Gasteiger partial charge is 0.388 e. The molecule has 0 aromatic heterocycles. The van der Waals surface area contributed by atoms with E-state index in [-0.39, 0.29) is 17.9 Å². The molecule has 0 fully saturated rings. The van der Waals surface area contributed by atoms with Crippen LogP contribution in [0, 0.1) is 5.82 Å². The predicted octanol–water partition coefficient (Wildman–Crippen LogP) is 2.23. The highest BCUT2D eigenvalue weighted by Gasteiger charge is 2.15. The standard InChI is InChI=1S/C15H16FNO3S/c16-13-7-4-8-14(11-13)21(19,20)17-10-9-15(18)12-5-2-1-3-6-12/h1-8,11,15,17-18H,9-10H2. The van der Waals surface area contributed by atoms with Gasteiger partial charge in [-0.3, -0.25) is 0 Å². The SMILES string of the molecule is O=S(=O)(NCCC(O)c1ccccc1)c1cccc(F)c1. The number of sulfonamides is 1. The average Bonchev–Trinajstić information content (AvgIpc) is 2.48. The molecule has 2 N–H and O–H groups in total. The number of aliphatic hydroxyl groups is 1. The number of benzene rings is 2. The molecule has 0 heterocycles. The summed E-state index contributed by atoms with van der Waals surface area (Å²) < 4.78 is 39.3. The van der Waals surface area contributed by atoms with Crippen LogP contribution in [0.25, 0.3) is 0 Å². The van der Waals surface area contributed by atoms with Gasteiger partial charge in [0.1, 0.15) is 5.82 Å². The zero-order valence-corrected chi connectivity index (χ0v) is 12.1. The summed E-state index contributed by atoms with van der Waals surface area (Å²) in [6.07, 6.45) is -0.514. The summed E-state index contributed by atoms with van der Waals surface area (Å²) in [4.78, 5) is -0.128. The molecule has 4 nitrogen and oxygen atoms in total. The number of rotatable bonds is 6. The zero-order valence-electron chi connectivity index (χ0n) is 11.2. The molecule has 0 spiro atoms. The molecule has 1 unspecified atom stereocenters. The Bertz CT molecular complexity index is 689. The fraction of sp³-hybridized carbons (Fsp3) is 0.200. The van der Waals surface area contributed by atoms with Crippen LogP contribution in [0.5, 0.6) is 0 Å². The van der Waals surface area contributed by atoms with Gasteiger partial charge < -0.3 is 5.11 Å². The molecule has 0 aliphatic heterocycles. The molecule has 2 aromatic carbocycles. The molecule has 0 bridgehead atoms. The van der Waals surface area contributed by atoms with Gasteiger partial charge in [0.05, 0.1) is 11.0 Å². The van der Waals surface area contributed by atoms with Crippen LogP contribution in [0.2, 0.25) is 0 Å². The number of hydrogen-bond acceptors (Lipinski definition) is 3. The van der Waals surface area contributed by atoms with Gasteiger partial charge in [-0.1, -0.05) is 36.4 Å². The zero-order chi connectivity index (χ0) is 15.3. The fourth-order valence-corrected chi connectivity index (χ4v) is 2.97. The molecule has 21 heavy (non-hydrogen) atoms. The van der Waals surface area contributed by atoms with Crippen molar-refractivity contribution in [2.75, 3.05) is 6.54 Å². The molecule has 0 radical (unpaired) electrons. The van der Waals surface area contributed by atoms with Gasteiger partial charge in [-0.2, -0.15) is 0 Å². The first-order chi connectivity index (χ1) is 9.99. The van der Waals surface area contributed by atoms with E-state index in [4.69, 9.17) is 0 Å². The van der Waals surface area contributed by atoms with E-state index >= 15 is 0 Å². The second-order valence-corrected chi connectivity index (χ2v) is 6.34. The average molecular weight is 309 g/mol. The van der Waals surface area contributed by atoms with E-state index < -0.39 is 21.9 Å². The highest BCUT2D eigenvalue weighted by molar-refractivity contribution is 7.89. The monoisotopic (exact) mass is 309 g/mol. The van der Waals surface area contributed by atoms with Crippen LogP contribution in [-0.4, -0.2) is 20.1 Å². The summed E-state index contributed by atoms with van der Waals surface area (Å²) in [5.74, 6) is -0.609. The maximum absolute atomic E-state index is 13.0. The Morgan fingerprint density at radius 3 is 2.48 bits per heavy atom. The van der Waals surface area contributed by atoms with Crippen molar-refractivity contribution in [1.82, 2.24) is 4.72 Å². The van der Waals surface area contributed by atoms with Gasteiger partial charge in [0, 0.05) is 6.54 Å². The minimum Gasteiger partial charge on any atom is -0.388 e. The number of hydrogen-bond donors (Lipinski definition) is 2. The van der Waals surface area contributed by atoms with Crippen molar-refractivity contribution in [3.63, 3.8) is 0 Å². The van der Waals surface area contributed by atoms with E-state index in [1.165, 1.54) is 18.2 Å². The quantitative estimate of drug-likeness (QED) is 0.860. The van der Waals surface area contributed by atoms with Gasteiger partial charge in [-0.25, -0.2) is 17.5 Å². The van der Waals surface area contributed by atoms with Crippen molar-refractivity contribution in [2.45, 2.75) is 17.4 Å². The normalized spacial score (nSPS) is 13.0. The smallest absolute Gasteiger partial charge is 0.240 e. The van der Waals surface area contributed by atoms with Crippen molar-refractivity contribution in [1.29, 1.82) is 0 Å². The van der Waals surface area contributed by atoms with Crippen LogP contribution in [-0.2, 0) is 10.0 Å². The topological polar surface area (TPSA) is 66.4 Å². The molecular weight excluding hydrogens is 293 g/mol. The van der Waals surface area contributed by atoms with Gasteiger partial charge in [0.25, 0.3) is 0 Å². The molecule has 0 aliphatic carbocycles. The molecule has 0 saturated carbocycles. The van der Waals surface area contributed by atoms with Crippen LogP contribution in [0.4, 0.5) is 4.39 Å². The summed E-state index contributed by atoms with van der Waals surface area (Å²) in [5, 5.41) is 9.94. The first-order valence-corrected chi connectivity index (χ1v) is 7.95. The Balaban J connectivity index is 1.94. The molecule has 6 heteroatoms. The van der Waals surface area contributed by atoms with E-state index in [1.54, 1.807) is 24.3 Å². The van der Waals surface area contributed by atoms with Gasteiger partial charge in [0.2, 0.25) is 10.0 Å². The first kappa shape index (κ1) is 15.6. The Morgan fingerprint density at radius 2 is 1.81 bits per heavy atom. The van der Waals surface area contributed by atoms with Crippen molar-refractivity contribution >= 4 is 10.0 Å². The van der Waals surface area contributed by atoms with Crippen molar-refractivity contribution in [2.24, 2.45) is 0 Å². The van der Waals surface area contributed by atoms with Gasteiger partial charge >= 0.3 is 0 Å². The third kappa shape index (κ3) is 4.35. The van der Waals surface area contributed by atoms with Crippen molar-refractivity contribution in [3.8, 4) is 0 Å². The number of halogens is 1. The van der Waals surface area contributed by atoms with E-state index in [2.05, 4.69) is 4.72 Å². The first-order valence-electron chi connectivity index (χ1n) is 6.47. The van der Waals surface area contributed by atoms with Crippen LogP contribution in [0.1, 0.15) is 18.1 Å². The summed E-state index contributed by atoms with van der Waals surface area (Å²) in [6.45, 7) is 0.0644. The summed E-state index contributed by atoms with van der Waals surface area (Å²) in [6, 6.07) is 13.8. The Kier molecular flexibility index (Phi) is 5.06. The van der Waals surface area contributed by atoms with Crippen LogP contribution in [0.3, 0.4) is 0 Å². The highest BCUT2D eigenvalue weighted by Crippen LogP contribution is 2.16. The third-order valence-corrected chi connectivity index (χ3v) is 4.46. The van der Waals surface area contributed by atoms with E-state index in [0.29, 0.717) is 0 Å². The number of nitrogens with one attached hydrogen (secondary N) is 1.